The van der Waals surface area contributed by atoms with Crippen molar-refractivity contribution in [3.05, 3.63) is 60.7 Å². The molecule has 124 valence electrons. The van der Waals surface area contributed by atoms with Gasteiger partial charge in [-0.2, -0.15) is 0 Å². The summed E-state index contributed by atoms with van der Waals surface area (Å²) >= 11 is 0. The average Bonchev–Trinajstić information content (AvgIpc) is 2.60. The number of unbranched alkanes of at least 4 members (excludes halogenated alkanes) is 2. The standard InChI is InChI=1S/C18H25N2O2P/c19-15-9-3-8-14-18(20)22-23(21,16-10-4-1-5-11-16)17-12-6-2-7-13-17/h1-2,4-7,10-13,18H,3,8-9,14-15,19-20H2. The third kappa shape index (κ3) is 5.02. The van der Waals surface area contributed by atoms with Gasteiger partial charge in [-0.05, 0) is 50.1 Å². The predicted molar refractivity (Wildman–Crippen MR) is 96.3 cm³/mol. The minimum absolute atomic E-state index is 0.556. The molecule has 2 rings (SSSR count). The van der Waals surface area contributed by atoms with Gasteiger partial charge in [-0.25, -0.2) is 0 Å². The van der Waals surface area contributed by atoms with Crippen molar-refractivity contribution in [3.8, 4) is 0 Å². The normalized spacial score (nSPS) is 13.0. The first-order chi connectivity index (χ1) is 11.2. The molecule has 2 aromatic rings. The van der Waals surface area contributed by atoms with Crippen molar-refractivity contribution in [2.75, 3.05) is 6.54 Å². The number of hydrogen-bond donors (Lipinski definition) is 2. The third-order valence-electron chi connectivity index (χ3n) is 3.67. The van der Waals surface area contributed by atoms with Crippen LogP contribution in [-0.4, -0.2) is 12.8 Å². The van der Waals surface area contributed by atoms with E-state index in [1.807, 2.05) is 60.7 Å². The molecule has 4 nitrogen and oxygen atoms in total. The van der Waals surface area contributed by atoms with E-state index in [9.17, 15) is 4.57 Å². The van der Waals surface area contributed by atoms with Crippen molar-refractivity contribution >= 4 is 18.0 Å². The Morgan fingerprint density at radius 3 is 1.87 bits per heavy atom. The number of rotatable bonds is 9. The Balaban J connectivity index is 2.17. The monoisotopic (exact) mass is 332 g/mol. The van der Waals surface area contributed by atoms with Crippen LogP contribution in [-0.2, 0) is 9.09 Å². The highest BCUT2D eigenvalue weighted by Crippen LogP contribution is 2.45. The quantitative estimate of drug-likeness (QED) is 0.420. The summed E-state index contributed by atoms with van der Waals surface area (Å²) in [6.45, 7) is 0.683. The topological polar surface area (TPSA) is 78.3 Å². The maximum atomic E-state index is 13.6. The van der Waals surface area contributed by atoms with E-state index in [1.54, 1.807) is 0 Å². The molecule has 4 N–H and O–H groups in total. The number of nitrogens with two attached hydrogens (primary N) is 2. The van der Waals surface area contributed by atoms with Gasteiger partial charge in [-0.15, -0.1) is 0 Å². The van der Waals surface area contributed by atoms with Crippen LogP contribution in [0.5, 0.6) is 0 Å². The zero-order valence-corrected chi connectivity index (χ0v) is 14.2. The van der Waals surface area contributed by atoms with Crippen LogP contribution < -0.4 is 22.1 Å². The molecule has 0 heterocycles. The highest BCUT2D eigenvalue weighted by Gasteiger charge is 2.30. The van der Waals surface area contributed by atoms with Crippen LogP contribution in [0.15, 0.2) is 60.7 Å². The van der Waals surface area contributed by atoms with E-state index < -0.39 is 13.6 Å². The van der Waals surface area contributed by atoms with Gasteiger partial charge >= 0.3 is 0 Å². The predicted octanol–water partition coefficient (Wildman–Crippen LogP) is 2.74. The molecule has 0 aliphatic heterocycles. The number of hydrogen-bond acceptors (Lipinski definition) is 4. The van der Waals surface area contributed by atoms with Crippen LogP contribution in [0.4, 0.5) is 0 Å². The molecule has 0 amide bonds. The minimum Gasteiger partial charge on any atom is -0.330 e. The fourth-order valence-electron chi connectivity index (χ4n) is 2.43. The second kappa shape index (κ2) is 8.99. The average molecular weight is 332 g/mol. The Morgan fingerprint density at radius 2 is 1.39 bits per heavy atom. The molecular formula is C18H25N2O2P. The summed E-state index contributed by atoms with van der Waals surface area (Å²) < 4.78 is 19.5. The Bertz CT molecular complexity index is 576. The number of benzene rings is 2. The van der Waals surface area contributed by atoms with Gasteiger partial charge < -0.3 is 16.0 Å². The SMILES string of the molecule is NCCCCCC(N)OP(=O)(c1ccccc1)c1ccccc1. The van der Waals surface area contributed by atoms with Gasteiger partial charge in [0, 0.05) is 10.6 Å². The molecule has 0 fully saturated rings. The molecule has 0 aliphatic carbocycles. The van der Waals surface area contributed by atoms with Crippen LogP contribution in [0, 0.1) is 0 Å². The van der Waals surface area contributed by atoms with Crippen LogP contribution in [0.25, 0.3) is 0 Å². The lowest BCUT2D eigenvalue weighted by atomic mass is 10.2. The molecule has 5 heteroatoms. The Labute approximate surface area is 138 Å². The molecule has 0 saturated heterocycles. The zero-order valence-electron chi connectivity index (χ0n) is 13.3. The molecule has 2 aromatic carbocycles. The molecule has 0 spiro atoms. The lowest BCUT2D eigenvalue weighted by Crippen LogP contribution is -2.28. The summed E-state index contributed by atoms with van der Waals surface area (Å²) in [7, 11) is -3.19. The van der Waals surface area contributed by atoms with Gasteiger partial charge in [-0.3, -0.25) is 4.57 Å². The fraction of sp³-hybridized carbons (Fsp3) is 0.333. The fourth-order valence-corrected chi connectivity index (χ4v) is 4.59. The Hall–Kier alpha value is -1.45. The van der Waals surface area contributed by atoms with E-state index in [1.165, 1.54) is 0 Å². The Morgan fingerprint density at radius 1 is 0.870 bits per heavy atom. The molecule has 1 atom stereocenters. The molecular weight excluding hydrogens is 307 g/mol. The van der Waals surface area contributed by atoms with Crippen LogP contribution in [0.1, 0.15) is 25.7 Å². The molecule has 1 unspecified atom stereocenters. The van der Waals surface area contributed by atoms with Crippen molar-refractivity contribution in [2.24, 2.45) is 11.5 Å². The summed E-state index contributed by atoms with van der Waals surface area (Å²) in [4.78, 5) is 0. The maximum absolute atomic E-state index is 13.6. The van der Waals surface area contributed by atoms with Crippen molar-refractivity contribution in [2.45, 2.75) is 31.9 Å². The molecule has 23 heavy (non-hydrogen) atoms. The molecule has 0 aliphatic rings. The van der Waals surface area contributed by atoms with Crippen LogP contribution >= 0.6 is 7.37 Å². The maximum Gasteiger partial charge on any atom is 0.262 e. The lowest BCUT2D eigenvalue weighted by Gasteiger charge is -2.23. The smallest absolute Gasteiger partial charge is 0.262 e. The van der Waals surface area contributed by atoms with Crippen molar-refractivity contribution in [1.82, 2.24) is 0 Å². The zero-order chi connectivity index (χ0) is 16.5. The molecule has 0 radical (unpaired) electrons. The lowest BCUT2D eigenvalue weighted by molar-refractivity contribution is 0.205. The van der Waals surface area contributed by atoms with Crippen molar-refractivity contribution < 1.29 is 9.09 Å². The first kappa shape index (κ1) is 17.9. The molecule has 0 aromatic heterocycles. The van der Waals surface area contributed by atoms with Crippen LogP contribution in [0.3, 0.4) is 0 Å². The highest BCUT2D eigenvalue weighted by atomic mass is 31.2. The van der Waals surface area contributed by atoms with E-state index in [0.29, 0.717) is 23.6 Å². The van der Waals surface area contributed by atoms with Gasteiger partial charge in [-0.1, -0.05) is 42.8 Å². The summed E-state index contributed by atoms with van der Waals surface area (Å²) in [5, 5.41) is 1.34. The first-order valence-electron chi connectivity index (χ1n) is 8.02. The highest BCUT2D eigenvalue weighted by molar-refractivity contribution is 7.74. The van der Waals surface area contributed by atoms with Gasteiger partial charge in [0.1, 0.15) is 6.23 Å². The third-order valence-corrected chi connectivity index (χ3v) is 6.19. The van der Waals surface area contributed by atoms with Crippen molar-refractivity contribution in [3.63, 3.8) is 0 Å². The molecule has 0 bridgehead atoms. The summed E-state index contributed by atoms with van der Waals surface area (Å²) in [5.41, 5.74) is 11.6. The summed E-state index contributed by atoms with van der Waals surface area (Å²) in [6.07, 6.45) is 3.01. The first-order valence-corrected chi connectivity index (χ1v) is 9.64. The minimum atomic E-state index is -3.19. The van der Waals surface area contributed by atoms with Gasteiger partial charge in [0.15, 0.2) is 0 Å². The largest absolute Gasteiger partial charge is 0.330 e. The van der Waals surface area contributed by atoms with Crippen LogP contribution in [0.2, 0.25) is 0 Å². The molecule has 0 saturated carbocycles. The second-order valence-corrected chi connectivity index (χ2v) is 7.85. The van der Waals surface area contributed by atoms with E-state index >= 15 is 0 Å². The summed E-state index contributed by atoms with van der Waals surface area (Å²) in [6, 6.07) is 18.6. The van der Waals surface area contributed by atoms with E-state index in [2.05, 4.69) is 0 Å². The second-order valence-electron chi connectivity index (χ2n) is 5.50. The van der Waals surface area contributed by atoms with Gasteiger partial charge in [0.2, 0.25) is 0 Å². The van der Waals surface area contributed by atoms with Gasteiger partial charge in [0.05, 0.1) is 0 Å². The Kier molecular flexibility index (Phi) is 7.00. The van der Waals surface area contributed by atoms with E-state index in [-0.39, 0.29) is 0 Å². The van der Waals surface area contributed by atoms with E-state index in [4.69, 9.17) is 16.0 Å². The summed E-state index contributed by atoms with van der Waals surface area (Å²) in [5.74, 6) is 0. The van der Waals surface area contributed by atoms with Crippen molar-refractivity contribution in [1.29, 1.82) is 0 Å². The van der Waals surface area contributed by atoms with Gasteiger partial charge in [0.25, 0.3) is 7.37 Å². The van der Waals surface area contributed by atoms with E-state index in [0.717, 1.165) is 19.3 Å².